The Morgan fingerprint density at radius 1 is 1.20 bits per heavy atom. The Kier molecular flexibility index (Phi) is 11.8. The van der Waals surface area contributed by atoms with Crippen LogP contribution in [0.3, 0.4) is 0 Å². The van der Waals surface area contributed by atoms with Crippen LogP contribution in [0, 0.1) is 0 Å². The predicted octanol–water partition coefficient (Wildman–Crippen LogP) is 4.24. The van der Waals surface area contributed by atoms with Crippen LogP contribution in [0.4, 0.5) is 13.2 Å². The van der Waals surface area contributed by atoms with Gasteiger partial charge in [-0.25, -0.2) is 4.99 Å². The highest BCUT2D eigenvalue weighted by atomic mass is 127. The van der Waals surface area contributed by atoms with Crippen LogP contribution in [-0.2, 0) is 17.9 Å². The van der Waals surface area contributed by atoms with Gasteiger partial charge in [0.05, 0.1) is 25.7 Å². The Hall–Kier alpha value is -1.03. The van der Waals surface area contributed by atoms with E-state index in [1.54, 1.807) is 0 Å². The molecule has 0 atom stereocenters. The van der Waals surface area contributed by atoms with E-state index < -0.39 is 12.6 Å². The third-order valence-corrected chi connectivity index (χ3v) is 3.04. The molecule has 0 amide bonds. The third kappa shape index (κ3) is 12.0. The van der Waals surface area contributed by atoms with Crippen LogP contribution in [0.15, 0.2) is 29.3 Å². The van der Waals surface area contributed by atoms with Crippen molar-refractivity contribution >= 4 is 29.9 Å². The lowest BCUT2D eigenvalue weighted by atomic mass is 10.1. The van der Waals surface area contributed by atoms with Crippen LogP contribution in [0.1, 0.15) is 38.3 Å². The van der Waals surface area contributed by atoms with Gasteiger partial charge in [0, 0.05) is 13.1 Å². The Labute approximate surface area is 164 Å². The van der Waals surface area contributed by atoms with Gasteiger partial charge in [0.25, 0.3) is 0 Å². The average Bonchev–Trinajstić information content (AvgIpc) is 2.50. The Morgan fingerprint density at radius 3 is 2.48 bits per heavy atom. The van der Waals surface area contributed by atoms with E-state index in [2.05, 4.69) is 15.6 Å². The Morgan fingerprint density at radius 2 is 1.88 bits per heavy atom. The smallest absolute Gasteiger partial charge is 0.374 e. The summed E-state index contributed by atoms with van der Waals surface area (Å²) in [6.45, 7) is 7.12. The van der Waals surface area contributed by atoms with Crippen molar-refractivity contribution in [1.82, 2.24) is 10.6 Å². The highest BCUT2D eigenvalue weighted by molar-refractivity contribution is 14.0. The minimum absolute atomic E-state index is 0. The van der Waals surface area contributed by atoms with Gasteiger partial charge >= 0.3 is 6.18 Å². The molecule has 1 aromatic carbocycles. The van der Waals surface area contributed by atoms with E-state index in [-0.39, 0.29) is 36.6 Å². The van der Waals surface area contributed by atoms with E-state index in [1.165, 1.54) is 0 Å². The molecule has 144 valence electrons. The van der Waals surface area contributed by atoms with Crippen LogP contribution in [-0.4, -0.2) is 31.3 Å². The molecule has 2 N–H and O–H groups in total. The maximum atomic E-state index is 12.2. The first-order valence-electron chi connectivity index (χ1n) is 8.08. The lowest BCUT2D eigenvalue weighted by molar-refractivity contribution is -0.132. The minimum atomic E-state index is -4.17. The van der Waals surface area contributed by atoms with Gasteiger partial charge in [-0.2, -0.15) is 13.2 Å². The number of ether oxygens (including phenoxy) is 1. The first-order valence-corrected chi connectivity index (χ1v) is 8.08. The molecule has 0 saturated heterocycles. The lowest BCUT2D eigenvalue weighted by Gasteiger charge is -2.13. The summed E-state index contributed by atoms with van der Waals surface area (Å²) in [4.78, 5) is 4.33. The van der Waals surface area contributed by atoms with Crippen molar-refractivity contribution in [2.45, 2.75) is 52.6 Å². The third-order valence-electron chi connectivity index (χ3n) is 3.04. The zero-order chi connectivity index (χ0) is 18.0. The van der Waals surface area contributed by atoms with Crippen molar-refractivity contribution in [2.24, 2.45) is 4.99 Å². The van der Waals surface area contributed by atoms with Crippen molar-refractivity contribution in [3.63, 3.8) is 0 Å². The Balaban J connectivity index is 0.00000576. The van der Waals surface area contributed by atoms with E-state index in [0.717, 1.165) is 11.1 Å². The maximum absolute atomic E-state index is 12.2. The molecule has 1 rings (SSSR count). The summed E-state index contributed by atoms with van der Waals surface area (Å²) >= 11 is 0. The molecule has 0 aliphatic rings. The van der Waals surface area contributed by atoms with Crippen LogP contribution in [0.5, 0.6) is 0 Å². The van der Waals surface area contributed by atoms with Gasteiger partial charge in [0.1, 0.15) is 0 Å². The number of nitrogens with zero attached hydrogens (tertiary/aromatic N) is 1. The first-order chi connectivity index (χ1) is 11.3. The molecule has 0 saturated carbocycles. The summed E-state index contributed by atoms with van der Waals surface area (Å²) in [5.41, 5.74) is 2.03. The van der Waals surface area contributed by atoms with Crippen molar-refractivity contribution in [2.75, 3.05) is 13.1 Å². The number of hydrogen-bond acceptors (Lipinski definition) is 2. The summed E-state index contributed by atoms with van der Waals surface area (Å²) in [6, 6.07) is 7.82. The second-order valence-corrected chi connectivity index (χ2v) is 5.67. The second kappa shape index (κ2) is 12.3. The van der Waals surface area contributed by atoms with Crippen LogP contribution >= 0.6 is 24.0 Å². The quantitative estimate of drug-likeness (QED) is 0.338. The average molecular weight is 473 g/mol. The monoisotopic (exact) mass is 473 g/mol. The number of halogens is 4. The standard InChI is InChI=1S/C17H26F3N3O.HI/c1-4-21-16(22-9-8-17(18,19)20)23-11-14-6-5-7-15(10-14)12-24-13(2)3;/h5-7,10,13H,4,8-9,11-12H2,1-3H3,(H2,21,22,23);1H. The number of hydrogen-bond donors (Lipinski definition) is 2. The number of rotatable bonds is 8. The summed E-state index contributed by atoms with van der Waals surface area (Å²) < 4.78 is 42.2. The normalized spacial score (nSPS) is 12.0. The van der Waals surface area contributed by atoms with Crippen molar-refractivity contribution in [3.8, 4) is 0 Å². The molecule has 0 aromatic heterocycles. The fourth-order valence-electron chi connectivity index (χ4n) is 1.92. The van der Waals surface area contributed by atoms with Crippen molar-refractivity contribution in [1.29, 1.82) is 0 Å². The van der Waals surface area contributed by atoms with Gasteiger partial charge in [-0.1, -0.05) is 24.3 Å². The van der Waals surface area contributed by atoms with Gasteiger partial charge in [0.15, 0.2) is 5.96 Å². The van der Waals surface area contributed by atoms with Gasteiger partial charge in [-0.3, -0.25) is 0 Å². The van der Waals surface area contributed by atoms with Crippen LogP contribution < -0.4 is 10.6 Å². The number of benzene rings is 1. The molecule has 0 fully saturated rings. The van der Waals surface area contributed by atoms with E-state index in [4.69, 9.17) is 4.74 Å². The number of alkyl halides is 3. The molecule has 0 spiro atoms. The van der Waals surface area contributed by atoms with E-state index in [1.807, 2.05) is 45.0 Å². The molecular weight excluding hydrogens is 446 g/mol. The van der Waals surface area contributed by atoms with Gasteiger partial charge < -0.3 is 15.4 Å². The molecule has 0 heterocycles. The van der Waals surface area contributed by atoms with Crippen LogP contribution in [0.2, 0.25) is 0 Å². The second-order valence-electron chi connectivity index (χ2n) is 5.67. The molecule has 0 aliphatic heterocycles. The fraction of sp³-hybridized carbons (Fsp3) is 0.588. The summed E-state index contributed by atoms with van der Waals surface area (Å²) in [5.74, 6) is 0.380. The highest BCUT2D eigenvalue weighted by Crippen LogP contribution is 2.18. The SMILES string of the molecule is CCNC(=NCc1cccc(COC(C)C)c1)NCCC(F)(F)F.I. The summed E-state index contributed by atoms with van der Waals surface area (Å²) in [5, 5.41) is 5.64. The zero-order valence-corrected chi connectivity index (χ0v) is 17.2. The predicted molar refractivity (Wildman–Crippen MR) is 105 cm³/mol. The number of guanidine groups is 1. The van der Waals surface area contributed by atoms with Crippen molar-refractivity contribution < 1.29 is 17.9 Å². The van der Waals surface area contributed by atoms with E-state index in [0.29, 0.717) is 25.7 Å². The molecule has 0 radical (unpaired) electrons. The molecule has 0 bridgehead atoms. The molecule has 25 heavy (non-hydrogen) atoms. The topological polar surface area (TPSA) is 45.7 Å². The molecule has 0 unspecified atom stereocenters. The zero-order valence-electron chi connectivity index (χ0n) is 14.8. The van der Waals surface area contributed by atoms with Crippen LogP contribution in [0.25, 0.3) is 0 Å². The largest absolute Gasteiger partial charge is 0.390 e. The number of aliphatic imine (C=N–C) groups is 1. The molecule has 1 aromatic rings. The van der Waals surface area contributed by atoms with Gasteiger partial charge in [-0.15, -0.1) is 24.0 Å². The summed E-state index contributed by atoms with van der Waals surface area (Å²) in [6.07, 6.45) is -4.90. The van der Waals surface area contributed by atoms with E-state index >= 15 is 0 Å². The highest BCUT2D eigenvalue weighted by Gasteiger charge is 2.26. The molecule has 0 aliphatic carbocycles. The molecule has 8 heteroatoms. The van der Waals surface area contributed by atoms with Gasteiger partial charge in [-0.05, 0) is 31.9 Å². The Bertz CT molecular complexity index is 522. The minimum Gasteiger partial charge on any atom is -0.374 e. The first kappa shape index (κ1) is 24.0. The fourth-order valence-corrected chi connectivity index (χ4v) is 1.92. The van der Waals surface area contributed by atoms with Crippen molar-refractivity contribution in [3.05, 3.63) is 35.4 Å². The molecular formula is C17H27F3IN3O. The van der Waals surface area contributed by atoms with Gasteiger partial charge in [0.2, 0.25) is 0 Å². The maximum Gasteiger partial charge on any atom is 0.390 e. The van der Waals surface area contributed by atoms with E-state index in [9.17, 15) is 13.2 Å². The lowest BCUT2D eigenvalue weighted by Crippen LogP contribution is -2.38. The number of nitrogens with one attached hydrogen (secondary N) is 2. The summed E-state index contributed by atoms with van der Waals surface area (Å²) in [7, 11) is 0. The molecule has 4 nitrogen and oxygen atoms in total.